The summed E-state index contributed by atoms with van der Waals surface area (Å²) in [5, 5.41) is 1.17. The molecule has 10 aliphatic rings. The summed E-state index contributed by atoms with van der Waals surface area (Å²) in [4.78, 5) is 0. The summed E-state index contributed by atoms with van der Waals surface area (Å²) in [7, 11) is -0.118. The Morgan fingerprint density at radius 2 is 0.885 bits per heavy atom. The first kappa shape index (κ1) is 43.4. The number of benzene rings is 2. The van der Waals surface area contributed by atoms with Crippen LogP contribution in [0.4, 0.5) is 0 Å². The Balaban J connectivity index is 1.19. The standard InChI is InChI=1S/C57H84O2S2/c1-51(2,3)43-21-41-33-60(11)47-17-15-13-14-16-18-48(47)61(12)34-42-22-44(52(4,5)6)24-46(57-31-39-20-40(32-57)28-55(10,27-39)36-57)50(42)59-53(7,8)58-49(41)45(23-43)56-29-37-19-38(30-56)26-54(9,25-37)35-56/h21-24,37-40,47-48H,11-20,25-36H2,1-10H3. The molecule has 0 N–H and O–H groups in total. The predicted molar refractivity (Wildman–Crippen MR) is 267 cm³/mol. The molecule has 2 aromatic rings. The van der Waals surface area contributed by atoms with Crippen molar-refractivity contribution < 1.29 is 9.47 Å². The Bertz CT molecular complexity index is 1930. The molecule has 9 aliphatic carbocycles. The normalized spacial score (nSPS) is 41.7. The molecule has 8 atom stereocenters. The molecule has 0 aromatic heterocycles. The first-order valence-electron chi connectivity index (χ1n) is 25.3. The van der Waals surface area contributed by atoms with Gasteiger partial charge in [-0.2, -0.15) is 21.0 Å². The number of fused-ring (bicyclic) bond motifs is 3. The van der Waals surface area contributed by atoms with E-state index in [-0.39, 0.29) is 42.6 Å². The highest BCUT2D eigenvalue weighted by Crippen LogP contribution is 2.69. The van der Waals surface area contributed by atoms with Gasteiger partial charge in [0.15, 0.2) is 0 Å². The lowest BCUT2D eigenvalue weighted by molar-refractivity contribution is -0.0930. The zero-order valence-corrected chi connectivity index (χ0v) is 42.1. The van der Waals surface area contributed by atoms with E-state index in [2.05, 4.69) is 93.5 Å². The highest BCUT2D eigenvalue weighted by atomic mass is 32.2. The van der Waals surface area contributed by atoms with Crippen LogP contribution in [0.3, 0.4) is 0 Å². The SMILES string of the molecule is C=S1Cc2cc(C(C)(C)C)cc(C34CC5CC(CC(C)(C5)C3)C4)c2OC(C)(C)Oc2c(cc(C(C)(C)C)cc2C23CC4CC(CC(C)(C4)C2)C3)CS(=C)C2CCCCCCC21. The molecule has 9 fully saturated rings. The maximum Gasteiger partial charge on any atom is 0.245 e. The Hall–Kier alpha value is -1.52. The van der Waals surface area contributed by atoms with Crippen molar-refractivity contribution in [3.8, 4) is 11.5 Å². The van der Waals surface area contributed by atoms with Crippen molar-refractivity contribution >= 4 is 32.7 Å². The Morgan fingerprint density at radius 3 is 1.21 bits per heavy atom. The van der Waals surface area contributed by atoms with Gasteiger partial charge in [-0.05, 0) is 146 Å². The van der Waals surface area contributed by atoms with Gasteiger partial charge >= 0.3 is 0 Å². The number of hydrogen-bond acceptors (Lipinski definition) is 2. The monoisotopic (exact) mass is 865 g/mol. The second kappa shape index (κ2) is 14.7. The molecule has 1 aliphatic heterocycles. The van der Waals surface area contributed by atoms with Crippen molar-refractivity contribution in [3.05, 3.63) is 57.6 Å². The first-order valence-corrected chi connectivity index (χ1v) is 28.5. The van der Waals surface area contributed by atoms with Crippen LogP contribution in [0, 0.1) is 34.5 Å². The van der Waals surface area contributed by atoms with Crippen LogP contribution in [0.25, 0.3) is 0 Å². The molecule has 61 heavy (non-hydrogen) atoms. The van der Waals surface area contributed by atoms with Gasteiger partial charge in [0.05, 0.1) is 0 Å². The van der Waals surface area contributed by atoms with Crippen LogP contribution in [-0.2, 0) is 33.2 Å². The van der Waals surface area contributed by atoms with E-state index >= 15 is 0 Å². The van der Waals surface area contributed by atoms with Crippen LogP contribution in [0.1, 0.15) is 218 Å². The van der Waals surface area contributed by atoms with Crippen LogP contribution in [0.5, 0.6) is 11.5 Å². The van der Waals surface area contributed by atoms with E-state index in [0.29, 0.717) is 21.3 Å². The third-order valence-corrected chi connectivity index (χ3v) is 22.7. The molecule has 9 saturated carbocycles. The van der Waals surface area contributed by atoms with E-state index in [0.717, 1.165) is 35.2 Å². The molecule has 12 rings (SSSR count). The molecule has 1 heterocycles. The first-order chi connectivity index (χ1) is 28.5. The summed E-state index contributed by atoms with van der Waals surface area (Å²) >= 11 is 0. The maximum absolute atomic E-state index is 7.86. The molecule has 8 unspecified atom stereocenters. The average Bonchev–Trinajstić information content (AvgIpc) is 3.09. The fourth-order valence-corrected chi connectivity index (χ4v) is 21.6. The summed E-state index contributed by atoms with van der Waals surface area (Å²) < 4.78 is 15.7. The molecule has 8 bridgehead atoms. The highest BCUT2D eigenvalue weighted by molar-refractivity contribution is 8.17. The number of hydrogen-bond donors (Lipinski definition) is 0. The summed E-state index contributed by atoms with van der Waals surface area (Å²) in [6.07, 6.45) is 24.4. The second-order valence-electron chi connectivity index (χ2n) is 26.7. The van der Waals surface area contributed by atoms with Gasteiger partial charge in [0, 0.05) is 68.9 Å². The molecule has 0 amide bonds. The maximum atomic E-state index is 7.86. The van der Waals surface area contributed by atoms with Crippen LogP contribution >= 0.6 is 21.0 Å². The van der Waals surface area contributed by atoms with Crippen LogP contribution in [0.15, 0.2) is 24.3 Å². The second-order valence-corrected chi connectivity index (χ2v) is 30.6. The summed E-state index contributed by atoms with van der Waals surface area (Å²) in [6.45, 7) is 24.4. The molecule has 2 nitrogen and oxygen atoms in total. The lowest BCUT2D eigenvalue weighted by atomic mass is 9.43. The largest absolute Gasteiger partial charge is 0.452 e. The van der Waals surface area contributed by atoms with Crippen molar-refractivity contribution in [2.45, 2.75) is 234 Å². The quantitative estimate of drug-likeness (QED) is 0.280. The van der Waals surface area contributed by atoms with E-state index < -0.39 is 5.79 Å². The van der Waals surface area contributed by atoms with Crippen molar-refractivity contribution in [1.29, 1.82) is 0 Å². The van der Waals surface area contributed by atoms with Gasteiger partial charge in [-0.15, -0.1) is 0 Å². The third kappa shape index (κ3) is 7.92. The lowest BCUT2D eigenvalue weighted by Gasteiger charge is -2.62. The summed E-state index contributed by atoms with van der Waals surface area (Å²) in [6, 6.07) is 10.5. The number of ether oxygens (including phenoxy) is 2. The molecule has 336 valence electrons. The Morgan fingerprint density at radius 1 is 0.525 bits per heavy atom. The fourth-order valence-electron chi connectivity index (χ4n) is 16.9. The molecule has 4 heteroatoms. The van der Waals surface area contributed by atoms with E-state index in [1.807, 2.05) is 0 Å². The molecular formula is C57H84O2S2. The zero-order chi connectivity index (χ0) is 43.1. The van der Waals surface area contributed by atoms with Gasteiger partial charge in [-0.25, -0.2) is 0 Å². The smallest absolute Gasteiger partial charge is 0.245 e. The van der Waals surface area contributed by atoms with Gasteiger partial charge in [-0.3, -0.25) is 0 Å². The molecule has 0 spiro atoms. The van der Waals surface area contributed by atoms with Crippen LogP contribution in [-0.4, -0.2) is 28.0 Å². The Labute approximate surface area is 378 Å². The minimum absolute atomic E-state index is 0.0403. The molecule has 2 aromatic carbocycles. The van der Waals surface area contributed by atoms with Crippen LogP contribution in [0.2, 0.25) is 0 Å². The Kier molecular flexibility index (Phi) is 10.5. The molecule has 0 radical (unpaired) electrons. The van der Waals surface area contributed by atoms with E-state index in [4.69, 9.17) is 21.2 Å². The van der Waals surface area contributed by atoms with Gasteiger partial charge in [0.2, 0.25) is 5.79 Å². The van der Waals surface area contributed by atoms with Gasteiger partial charge in [-0.1, -0.05) is 117 Å². The van der Waals surface area contributed by atoms with Gasteiger partial charge in [0.25, 0.3) is 0 Å². The predicted octanol–water partition coefficient (Wildman–Crippen LogP) is 15.7. The van der Waals surface area contributed by atoms with E-state index in [9.17, 15) is 0 Å². The van der Waals surface area contributed by atoms with Gasteiger partial charge < -0.3 is 9.47 Å². The minimum atomic E-state index is -0.868. The topological polar surface area (TPSA) is 18.5 Å². The fraction of sp³-hybridized carbons (Fsp3) is 0.754. The molecular weight excluding hydrogens is 781 g/mol. The average molecular weight is 865 g/mol. The summed E-state index contributed by atoms with van der Waals surface area (Å²) in [5.74, 6) is 17.3. The van der Waals surface area contributed by atoms with Crippen molar-refractivity contribution in [2.75, 3.05) is 0 Å². The van der Waals surface area contributed by atoms with Crippen molar-refractivity contribution in [3.63, 3.8) is 0 Å². The summed E-state index contributed by atoms with van der Waals surface area (Å²) in [5.41, 5.74) is 10.1. The molecule has 0 saturated heterocycles. The van der Waals surface area contributed by atoms with Crippen molar-refractivity contribution in [1.82, 2.24) is 0 Å². The van der Waals surface area contributed by atoms with Crippen molar-refractivity contribution in [2.24, 2.45) is 34.5 Å². The lowest BCUT2D eigenvalue weighted by Crippen LogP contribution is -2.53. The van der Waals surface area contributed by atoms with Crippen LogP contribution < -0.4 is 9.47 Å². The number of rotatable bonds is 2. The highest BCUT2D eigenvalue weighted by Gasteiger charge is 2.59. The minimum Gasteiger partial charge on any atom is -0.452 e. The zero-order valence-electron chi connectivity index (χ0n) is 40.5. The third-order valence-electron chi connectivity index (χ3n) is 18.3. The van der Waals surface area contributed by atoms with E-state index in [1.54, 1.807) is 0 Å². The van der Waals surface area contributed by atoms with Gasteiger partial charge in [0.1, 0.15) is 11.5 Å². The van der Waals surface area contributed by atoms with E-state index in [1.165, 1.54) is 160 Å².